The van der Waals surface area contributed by atoms with Gasteiger partial charge in [-0.15, -0.1) is 0 Å². The van der Waals surface area contributed by atoms with Gasteiger partial charge in [-0.3, -0.25) is 0 Å². The Bertz CT molecular complexity index is 405. The van der Waals surface area contributed by atoms with E-state index >= 15 is 0 Å². The number of aliphatic hydroxyl groups is 1. The number of nitrogens with zero attached hydrogens (tertiary/aromatic N) is 2. The molecule has 17 heavy (non-hydrogen) atoms. The molecule has 0 atom stereocenters. The Balaban J connectivity index is 2.12. The van der Waals surface area contributed by atoms with Crippen LogP contribution < -0.4 is 5.32 Å². The smallest absolute Gasteiger partial charge is 0.138 e. The second kappa shape index (κ2) is 4.78. The highest BCUT2D eigenvalue weighted by molar-refractivity contribution is 6.30. The van der Waals surface area contributed by atoms with Crippen LogP contribution in [0.3, 0.4) is 0 Å². The Morgan fingerprint density at radius 1 is 1.47 bits per heavy atom. The van der Waals surface area contributed by atoms with Crippen molar-refractivity contribution in [3.8, 4) is 0 Å². The molecule has 1 aliphatic rings. The second-order valence-corrected chi connectivity index (χ2v) is 5.37. The van der Waals surface area contributed by atoms with Gasteiger partial charge in [0.15, 0.2) is 0 Å². The Hall–Kier alpha value is -0.870. The van der Waals surface area contributed by atoms with Crippen molar-refractivity contribution in [3.63, 3.8) is 0 Å². The van der Waals surface area contributed by atoms with Crippen LogP contribution in [0.4, 0.5) is 5.82 Å². The van der Waals surface area contributed by atoms with E-state index in [1.165, 1.54) is 6.33 Å². The van der Waals surface area contributed by atoms with E-state index in [-0.39, 0.29) is 5.92 Å². The quantitative estimate of drug-likeness (QED) is 0.812. The van der Waals surface area contributed by atoms with Crippen molar-refractivity contribution >= 4 is 17.4 Å². The van der Waals surface area contributed by atoms with Gasteiger partial charge < -0.3 is 10.4 Å². The van der Waals surface area contributed by atoms with E-state index in [4.69, 9.17) is 11.6 Å². The molecule has 1 fully saturated rings. The predicted octanol–water partition coefficient (Wildman–Crippen LogP) is 2.58. The molecule has 5 heteroatoms. The third-order valence-corrected chi connectivity index (χ3v) is 3.58. The lowest BCUT2D eigenvalue weighted by Gasteiger charge is -2.37. The summed E-state index contributed by atoms with van der Waals surface area (Å²) in [6.45, 7) is 4.63. The number of rotatable bonds is 4. The first-order chi connectivity index (χ1) is 8.02. The minimum atomic E-state index is -0.564. The SMILES string of the molecule is CC(C)c1c(Cl)ncnc1NCC1(O)CCC1. The highest BCUT2D eigenvalue weighted by atomic mass is 35.5. The maximum Gasteiger partial charge on any atom is 0.138 e. The minimum absolute atomic E-state index is 0.252. The molecule has 0 bridgehead atoms. The zero-order valence-electron chi connectivity index (χ0n) is 10.2. The van der Waals surface area contributed by atoms with Crippen molar-refractivity contribution in [2.45, 2.75) is 44.6 Å². The van der Waals surface area contributed by atoms with E-state index in [9.17, 15) is 5.11 Å². The Labute approximate surface area is 106 Å². The van der Waals surface area contributed by atoms with Crippen molar-refractivity contribution in [1.29, 1.82) is 0 Å². The minimum Gasteiger partial charge on any atom is -0.388 e. The lowest BCUT2D eigenvalue weighted by molar-refractivity contribution is -0.0202. The molecule has 1 aliphatic carbocycles. The van der Waals surface area contributed by atoms with Gasteiger partial charge in [-0.2, -0.15) is 0 Å². The van der Waals surface area contributed by atoms with Crippen LogP contribution in [-0.4, -0.2) is 27.2 Å². The van der Waals surface area contributed by atoms with E-state index in [1.807, 2.05) is 13.8 Å². The monoisotopic (exact) mass is 255 g/mol. The molecule has 1 aromatic rings. The van der Waals surface area contributed by atoms with Gasteiger partial charge in [0.2, 0.25) is 0 Å². The number of nitrogens with one attached hydrogen (secondary N) is 1. The van der Waals surface area contributed by atoms with Crippen molar-refractivity contribution in [3.05, 3.63) is 17.0 Å². The molecule has 1 heterocycles. The Kier molecular flexibility index (Phi) is 3.54. The Morgan fingerprint density at radius 3 is 2.71 bits per heavy atom. The maximum absolute atomic E-state index is 10.0. The van der Waals surface area contributed by atoms with Crippen LogP contribution in [0, 0.1) is 0 Å². The largest absolute Gasteiger partial charge is 0.388 e. The third-order valence-electron chi connectivity index (χ3n) is 3.28. The molecule has 0 saturated heterocycles. The molecule has 2 N–H and O–H groups in total. The van der Waals surface area contributed by atoms with E-state index < -0.39 is 5.60 Å². The summed E-state index contributed by atoms with van der Waals surface area (Å²) >= 11 is 6.07. The summed E-state index contributed by atoms with van der Waals surface area (Å²) in [4.78, 5) is 8.20. The number of halogens is 1. The molecule has 1 aromatic heterocycles. The van der Waals surface area contributed by atoms with Crippen LogP contribution in [-0.2, 0) is 0 Å². The third kappa shape index (κ3) is 2.69. The van der Waals surface area contributed by atoms with Crippen LogP contribution >= 0.6 is 11.6 Å². The first-order valence-corrected chi connectivity index (χ1v) is 6.36. The number of hydrogen-bond acceptors (Lipinski definition) is 4. The molecular formula is C12H18ClN3O. The van der Waals surface area contributed by atoms with Crippen LogP contribution in [0.25, 0.3) is 0 Å². The summed E-state index contributed by atoms with van der Waals surface area (Å²) in [6, 6.07) is 0. The zero-order valence-corrected chi connectivity index (χ0v) is 11.0. The number of anilines is 1. The highest BCUT2D eigenvalue weighted by Crippen LogP contribution is 2.33. The van der Waals surface area contributed by atoms with Gasteiger partial charge >= 0.3 is 0 Å². The van der Waals surface area contributed by atoms with Crippen molar-refractivity contribution < 1.29 is 5.11 Å². The van der Waals surface area contributed by atoms with Gasteiger partial charge in [0.1, 0.15) is 17.3 Å². The highest BCUT2D eigenvalue weighted by Gasteiger charge is 2.34. The predicted molar refractivity (Wildman–Crippen MR) is 68.4 cm³/mol. The first kappa shape index (κ1) is 12.6. The molecule has 0 amide bonds. The zero-order chi connectivity index (χ0) is 12.5. The number of aromatic nitrogens is 2. The molecule has 0 radical (unpaired) electrons. The normalized spacial score (nSPS) is 17.9. The van der Waals surface area contributed by atoms with Gasteiger partial charge in [-0.25, -0.2) is 9.97 Å². The molecule has 4 nitrogen and oxygen atoms in total. The van der Waals surface area contributed by atoms with Crippen molar-refractivity contribution in [2.75, 3.05) is 11.9 Å². The van der Waals surface area contributed by atoms with E-state index in [1.54, 1.807) is 0 Å². The maximum atomic E-state index is 10.0. The van der Waals surface area contributed by atoms with Crippen LogP contribution in [0.2, 0.25) is 5.15 Å². The van der Waals surface area contributed by atoms with Crippen LogP contribution in [0.5, 0.6) is 0 Å². The lowest BCUT2D eigenvalue weighted by Crippen LogP contribution is -2.43. The van der Waals surface area contributed by atoms with Gasteiger partial charge in [-0.1, -0.05) is 25.4 Å². The van der Waals surface area contributed by atoms with E-state index in [2.05, 4.69) is 15.3 Å². The molecule has 0 aliphatic heterocycles. The summed E-state index contributed by atoms with van der Waals surface area (Å²) in [5.41, 5.74) is 0.350. The molecular weight excluding hydrogens is 238 g/mol. The standard InChI is InChI=1S/C12H18ClN3O/c1-8(2)9-10(13)15-7-16-11(9)14-6-12(17)4-3-5-12/h7-8,17H,3-6H2,1-2H3,(H,14,15,16). The summed E-state index contributed by atoms with van der Waals surface area (Å²) in [7, 11) is 0. The summed E-state index contributed by atoms with van der Waals surface area (Å²) < 4.78 is 0. The van der Waals surface area contributed by atoms with Gasteiger partial charge in [0.05, 0.1) is 5.60 Å². The van der Waals surface area contributed by atoms with Gasteiger partial charge in [-0.05, 0) is 25.2 Å². The fourth-order valence-corrected chi connectivity index (χ4v) is 2.39. The average molecular weight is 256 g/mol. The van der Waals surface area contributed by atoms with Crippen LogP contribution in [0.1, 0.15) is 44.6 Å². The fourth-order valence-electron chi connectivity index (χ4n) is 2.04. The second-order valence-electron chi connectivity index (χ2n) is 5.01. The van der Waals surface area contributed by atoms with E-state index in [0.717, 1.165) is 30.6 Å². The summed E-state index contributed by atoms with van der Waals surface area (Å²) in [6.07, 6.45) is 4.26. The topological polar surface area (TPSA) is 58.0 Å². The molecule has 0 spiro atoms. The molecule has 0 unspecified atom stereocenters. The lowest BCUT2D eigenvalue weighted by atomic mass is 9.80. The fraction of sp³-hybridized carbons (Fsp3) is 0.667. The van der Waals surface area contributed by atoms with Crippen molar-refractivity contribution in [2.24, 2.45) is 0 Å². The van der Waals surface area contributed by atoms with Crippen molar-refractivity contribution in [1.82, 2.24) is 9.97 Å². The first-order valence-electron chi connectivity index (χ1n) is 5.98. The summed E-state index contributed by atoms with van der Waals surface area (Å²) in [5, 5.41) is 13.7. The van der Waals surface area contributed by atoms with Gasteiger partial charge in [0.25, 0.3) is 0 Å². The van der Waals surface area contributed by atoms with Gasteiger partial charge in [0, 0.05) is 12.1 Å². The number of hydrogen-bond donors (Lipinski definition) is 2. The molecule has 94 valence electrons. The molecule has 1 saturated carbocycles. The molecule has 2 rings (SSSR count). The van der Waals surface area contributed by atoms with E-state index in [0.29, 0.717) is 11.7 Å². The molecule has 0 aromatic carbocycles. The summed E-state index contributed by atoms with van der Waals surface area (Å²) in [5.74, 6) is 0.988. The van der Waals surface area contributed by atoms with Crippen LogP contribution in [0.15, 0.2) is 6.33 Å². The average Bonchev–Trinajstić information content (AvgIpc) is 2.23. The Morgan fingerprint density at radius 2 is 2.18 bits per heavy atom.